The Morgan fingerprint density at radius 1 is 1.46 bits per heavy atom. The molecule has 13 heavy (non-hydrogen) atoms. The first-order chi connectivity index (χ1) is 6.16. The summed E-state index contributed by atoms with van der Waals surface area (Å²) < 4.78 is 18.0. The van der Waals surface area contributed by atoms with Crippen LogP contribution >= 0.6 is 0 Å². The van der Waals surface area contributed by atoms with Crippen LogP contribution in [0.4, 0.5) is 4.39 Å². The van der Waals surface area contributed by atoms with E-state index in [-0.39, 0.29) is 5.92 Å². The van der Waals surface area contributed by atoms with Gasteiger partial charge in [-0.25, -0.2) is 14.4 Å². The van der Waals surface area contributed by atoms with Gasteiger partial charge in [-0.3, -0.25) is 0 Å². The quantitative estimate of drug-likeness (QED) is 0.676. The van der Waals surface area contributed by atoms with Crippen LogP contribution in [0.5, 0.6) is 0 Å². The molecule has 0 unspecified atom stereocenters. The lowest BCUT2D eigenvalue weighted by molar-refractivity contribution is 0.494. The summed E-state index contributed by atoms with van der Waals surface area (Å²) in [7, 11) is 0. The van der Waals surface area contributed by atoms with E-state index in [1.54, 1.807) is 0 Å². The standard InChI is InChI=1S/C9H9FN2O/c1-5(2)8-12-7-3-6(10)4-11-9(7)13-8/h3-5H,1-2H3. The summed E-state index contributed by atoms with van der Waals surface area (Å²) in [5.74, 6) is 0.390. The Labute approximate surface area is 74.6 Å². The number of aromatic nitrogens is 2. The highest BCUT2D eigenvalue weighted by Crippen LogP contribution is 2.19. The Morgan fingerprint density at radius 3 is 2.92 bits per heavy atom. The van der Waals surface area contributed by atoms with Gasteiger partial charge in [0.15, 0.2) is 5.89 Å². The molecule has 2 aromatic rings. The number of rotatable bonds is 1. The van der Waals surface area contributed by atoms with E-state index in [1.807, 2.05) is 13.8 Å². The molecule has 0 aliphatic carbocycles. The fourth-order valence-electron chi connectivity index (χ4n) is 1.06. The van der Waals surface area contributed by atoms with Gasteiger partial charge in [-0.1, -0.05) is 13.8 Å². The summed E-state index contributed by atoms with van der Waals surface area (Å²) in [4.78, 5) is 7.88. The Balaban J connectivity index is 2.62. The van der Waals surface area contributed by atoms with Crippen molar-refractivity contribution < 1.29 is 8.81 Å². The molecule has 68 valence electrons. The van der Waals surface area contributed by atoms with Gasteiger partial charge in [0.2, 0.25) is 5.71 Å². The van der Waals surface area contributed by atoms with E-state index in [2.05, 4.69) is 9.97 Å². The van der Waals surface area contributed by atoms with Gasteiger partial charge < -0.3 is 4.42 Å². The van der Waals surface area contributed by atoms with E-state index in [4.69, 9.17) is 4.42 Å². The number of hydrogen-bond acceptors (Lipinski definition) is 3. The van der Waals surface area contributed by atoms with E-state index in [0.717, 1.165) is 6.20 Å². The van der Waals surface area contributed by atoms with Gasteiger partial charge in [-0.2, -0.15) is 0 Å². The van der Waals surface area contributed by atoms with Crippen LogP contribution in [-0.2, 0) is 0 Å². The van der Waals surface area contributed by atoms with Gasteiger partial charge in [0.25, 0.3) is 0 Å². The normalized spacial score (nSPS) is 11.4. The summed E-state index contributed by atoms with van der Waals surface area (Å²) in [5, 5.41) is 0. The molecular formula is C9H9FN2O. The maximum absolute atomic E-state index is 12.7. The highest BCUT2D eigenvalue weighted by molar-refractivity contribution is 5.67. The fraction of sp³-hybridized carbons (Fsp3) is 0.333. The molecule has 2 aromatic heterocycles. The molecule has 0 atom stereocenters. The predicted molar refractivity (Wildman–Crippen MR) is 45.9 cm³/mol. The maximum Gasteiger partial charge on any atom is 0.247 e. The first-order valence-corrected chi connectivity index (χ1v) is 4.09. The molecule has 4 heteroatoms. The zero-order valence-electron chi connectivity index (χ0n) is 7.41. The second kappa shape index (κ2) is 2.80. The lowest BCUT2D eigenvalue weighted by Crippen LogP contribution is -1.84. The first-order valence-electron chi connectivity index (χ1n) is 4.09. The van der Waals surface area contributed by atoms with Crippen LogP contribution in [0.1, 0.15) is 25.7 Å². The highest BCUT2D eigenvalue weighted by atomic mass is 19.1. The van der Waals surface area contributed by atoms with E-state index in [9.17, 15) is 4.39 Å². The summed E-state index contributed by atoms with van der Waals surface area (Å²) in [5.41, 5.74) is 0.869. The molecule has 0 aromatic carbocycles. The molecule has 0 saturated heterocycles. The lowest BCUT2D eigenvalue weighted by atomic mass is 10.2. The third kappa shape index (κ3) is 1.39. The van der Waals surface area contributed by atoms with Gasteiger partial charge in [0, 0.05) is 12.0 Å². The first kappa shape index (κ1) is 8.16. The minimum atomic E-state index is -0.392. The molecule has 2 rings (SSSR count). The third-order valence-electron chi connectivity index (χ3n) is 1.72. The van der Waals surface area contributed by atoms with Gasteiger partial charge in [-0.15, -0.1) is 0 Å². The van der Waals surface area contributed by atoms with Crippen LogP contribution in [0.15, 0.2) is 16.7 Å². The van der Waals surface area contributed by atoms with Crippen molar-refractivity contribution in [3.63, 3.8) is 0 Å². The maximum atomic E-state index is 12.7. The molecule has 2 heterocycles. The lowest BCUT2D eigenvalue weighted by Gasteiger charge is -1.93. The average molecular weight is 180 g/mol. The topological polar surface area (TPSA) is 38.9 Å². The van der Waals surface area contributed by atoms with Gasteiger partial charge in [0.05, 0.1) is 6.20 Å². The van der Waals surface area contributed by atoms with Crippen LogP contribution in [0.3, 0.4) is 0 Å². The summed E-state index contributed by atoms with van der Waals surface area (Å²) in [6, 6.07) is 1.32. The number of pyridine rings is 1. The zero-order valence-corrected chi connectivity index (χ0v) is 7.41. The number of oxazole rings is 1. The van der Waals surface area contributed by atoms with Crippen molar-refractivity contribution in [3.05, 3.63) is 24.0 Å². The number of nitrogens with zero attached hydrogens (tertiary/aromatic N) is 2. The van der Waals surface area contributed by atoms with Gasteiger partial charge in [0.1, 0.15) is 11.3 Å². The highest BCUT2D eigenvalue weighted by Gasteiger charge is 2.10. The predicted octanol–water partition coefficient (Wildman–Crippen LogP) is 2.49. The van der Waals surface area contributed by atoms with Gasteiger partial charge >= 0.3 is 0 Å². The Hall–Kier alpha value is -1.45. The number of fused-ring (bicyclic) bond motifs is 1. The summed E-state index contributed by atoms with van der Waals surface area (Å²) >= 11 is 0. The molecule has 0 aliphatic heterocycles. The average Bonchev–Trinajstić information content (AvgIpc) is 2.46. The monoisotopic (exact) mass is 180 g/mol. The number of halogens is 1. The van der Waals surface area contributed by atoms with Crippen LogP contribution in [-0.4, -0.2) is 9.97 Å². The molecule has 0 spiro atoms. The van der Waals surface area contributed by atoms with Crippen molar-refractivity contribution in [1.29, 1.82) is 0 Å². The van der Waals surface area contributed by atoms with Crippen LogP contribution in [0.2, 0.25) is 0 Å². The number of hydrogen-bond donors (Lipinski definition) is 0. The zero-order chi connectivity index (χ0) is 9.42. The van der Waals surface area contributed by atoms with Crippen molar-refractivity contribution in [2.45, 2.75) is 19.8 Å². The molecule has 0 N–H and O–H groups in total. The largest absolute Gasteiger partial charge is 0.422 e. The minimum Gasteiger partial charge on any atom is -0.422 e. The Kier molecular flexibility index (Phi) is 1.76. The van der Waals surface area contributed by atoms with Crippen LogP contribution in [0.25, 0.3) is 11.2 Å². The van der Waals surface area contributed by atoms with E-state index >= 15 is 0 Å². The van der Waals surface area contributed by atoms with Crippen LogP contribution in [0, 0.1) is 5.82 Å². The van der Waals surface area contributed by atoms with E-state index < -0.39 is 5.82 Å². The Morgan fingerprint density at radius 2 is 2.23 bits per heavy atom. The molecule has 0 fully saturated rings. The Bertz CT molecular complexity index is 436. The second-order valence-corrected chi connectivity index (χ2v) is 3.18. The van der Waals surface area contributed by atoms with Crippen LogP contribution < -0.4 is 0 Å². The fourth-order valence-corrected chi connectivity index (χ4v) is 1.06. The second-order valence-electron chi connectivity index (χ2n) is 3.18. The SMILES string of the molecule is CC(C)c1nc2cc(F)cnc2o1. The molecule has 0 saturated carbocycles. The summed E-state index contributed by atoms with van der Waals surface area (Å²) in [6.45, 7) is 3.92. The van der Waals surface area contributed by atoms with Crippen molar-refractivity contribution in [2.24, 2.45) is 0 Å². The molecular weight excluding hydrogens is 171 g/mol. The molecule has 3 nitrogen and oxygen atoms in total. The molecule has 0 radical (unpaired) electrons. The minimum absolute atomic E-state index is 0.192. The van der Waals surface area contributed by atoms with Crippen molar-refractivity contribution in [1.82, 2.24) is 9.97 Å². The van der Waals surface area contributed by atoms with Crippen molar-refractivity contribution in [3.8, 4) is 0 Å². The molecule has 0 bridgehead atoms. The van der Waals surface area contributed by atoms with E-state index in [1.165, 1.54) is 6.07 Å². The van der Waals surface area contributed by atoms with Crippen molar-refractivity contribution in [2.75, 3.05) is 0 Å². The van der Waals surface area contributed by atoms with Crippen molar-refractivity contribution >= 4 is 11.2 Å². The third-order valence-corrected chi connectivity index (χ3v) is 1.72. The van der Waals surface area contributed by atoms with Gasteiger partial charge in [-0.05, 0) is 0 Å². The smallest absolute Gasteiger partial charge is 0.247 e. The summed E-state index contributed by atoms with van der Waals surface area (Å²) in [6.07, 6.45) is 1.12. The molecule has 0 amide bonds. The van der Waals surface area contributed by atoms with E-state index in [0.29, 0.717) is 17.1 Å². The molecule has 0 aliphatic rings.